The van der Waals surface area contributed by atoms with E-state index in [-0.39, 0.29) is 18.3 Å². The number of hydrogen-bond acceptors (Lipinski definition) is 5. The second kappa shape index (κ2) is 5.12. The molecule has 0 saturated heterocycles. The molecule has 0 spiro atoms. The Balaban J connectivity index is 1.65. The van der Waals surface area contributed by atoms with E-state index in [0.29, 0.717) is 47.8 Å². The Kier molecular flexibility index (Phi) is 3.07. The molecule has 4 rings (SSSR count). The van der Waals surface area contributed by atoms with E-state index < -0.39 is 0 Å². The van der Waals surface area contributed by atoms with Crippen LogP contribution < -0.4 is 15.0 Å². The standard InChI is InChI=1S/C16H15N3O4/c1-18-8-17-12-7-19(6-5-10(12)15(18)20)16(21)11-3-2-4-13-14(11)23-9-22-13/h2-4,8H,5-7,9H2,1H3. The summed E-state index contributed by atoms with van der Waals surface area (Å²) in [6.07, 6.45) is 2.00. The minimum Gasteiger partial charge on any atom is -0.454 e. The van der Waals surface area contributed by atoms with Crippen LogP contribution in [0.2, 0.25) is 0 Å². The van der Waals surface area contributed by atoms with E-state index >= 15 is 0 Å². The molecule has 2 aliphatic rings. The number of benzene rings is 1. The fourth-order valence-corrected chi connectivity index (χ4v) is 2.96. The molecule has 118 valence electrons. The van der Waals surface area contributed by atoms with Gasteiger partial charge in [-0.05, 0) is 18.6 Å². The van der Waals surface area contributed by atoms with Crippen molar-refractivity contribution in [3.05, 3.63) is 51.7 Å². The summed E-state index contributed by atoms with van der Waals surface area (Å²) in [5.74, 6) is 0.931. The monoisotopic (exact) mass is 313 g/mol. The molecule has 0 atom stereocenters. The number of carbonyl (C=O) groups excluding carboxylic acids is 1. The molecule has 0 N–H and O–H groups in total. The van der Waals surface area contributed by atoms with Crippen molar-refractivity contribution in [2.75, 3.05) is 13.3 Å². The van der Waals surface area contributed by atoms with Crippen LogP contribution in [0.25, 0.3) is 0 Å². The highest BCUT2D eigenvalue weighted by molar-refractivity contribution is 5.98. The van der Waals surface area contributed by atoms with Gasteiger partial charge in [0.05, 0.1) is 24.1 Å². The highest BCUT2D eigenvalue weighted by Crippen LogP contribution is 2.36. The van der Waals surface area contributed by atoms with Crippen LogP contribution in [0.4, 0.5) is 0 Å². The first-order valence-electron chi connectivity index (χ1n) is 7.36. The van der Waals surface area contributed by atoms with Crippen molar-refractivity contribution in [1.82, 2.24) is 14.5 Å². The topological polar surface area (TPSA) is 73.7 Å². The van der Waals surface area contributed by atoms with Crippen LogP contribution in [-0.2, 0) is 20.0 Å². The Labute approximate surface area is 132 Å². The Morgan fingerprint density at radius 2 is 2.17 bits per heavy atom. The molecule has 0 saturated carbocycles. The molecule has 0 aliphatic carbocycles. The third-order valence-electron chi connectivity index (χ3n) is 4.20. The third-order valence-corrected chi connectivity index (χ3v) is 4.20. The number of aromatic nitrogens is 2. The Morgan fingerprint density at radius 1 is 1.30 bits per heavy atom. The van der Waals surface area contributed by atoms with Crippen LogP contribution in [-0.4, -0.2) is 33.7 Å². The molecule has 1 amide bonds. The lowest BCUT2D eigenvalue weighted by molar-refractivity contribution is 0.0726. The molecule has 7 heteroatoms. The maximum atomic E-state index is 12.8. The van der Waals surface area contributed by atoms with Crippen LogP contribution >= 0.6 is 0 Å². The molecule has 23 heavy (non-hydrogen) atoms. The van der Waals surface area contributed by atoms with Crippen LogP contribution in [0.15, 0.2) is 29.3 Å². The lowest BCUT2D eigenvalue weighted by Crippen LogP contribution is -2.40. The molecule has 2 aromatic rings. The highest BCUT2D eigenvalue weighted by Gasteiger charge is 2.29. The largest absolute Gasteiger partial charge is 0.454 e. The van der Waals surface area contributed by atoms with Gasteiger partial charge >= 0.3 is 0 Å². The quantitative estimate of drug-likeness (QED) is 0.775. The van der Waals surface area contributed by atoms with Gasteiger partial charge < -0.3 is 18.9 Å². The van der Waals surface area contributed by atoms with Gasteiger partial charge in [-0.3, -0.25) is 9.59 Å². The number of para-hydroxylation sites is 1. The number of carbonyl (C=O) groups is 1. The summed E-state index contributed by atoms with van der Waals surface area (Å²) in [6, 6.07) is 5.27. The normalized spacial score (nSPS) is 15.4. The molecule has 0 bridgehead atoms. The average Bonchev–Trinajstić information content (AvgIpc) is 3.06. The Bertz CT molecular complexity index is 859. The molecule has 0 fully saturated rings. The number of ether oxygens (including phenoxy) is 2. The van der Waals surface area contributed by atoms with Crippen LogP contribution in [0.5, 0.6) is 11.5 Å². The minimum atomic E-state index is -0.138. The average molecular weight is 313 g/mol. The van der Waals surface area contributed by atoms with E-state index in [9.17, 15) is 9.59 Å². The van der Waals surface area contributed by atoms with Crippen molar-refractivity contribution >= 4 is 5.91 Å². The van der Waals surface area contributed by atoms with Crippen molar-refractivity contribution in [2.24, 2.45) is 7.05 Å². The number of nitrogens with zero attached hydrogens (tertiary/aromatic N) is 3. The zero-order valence-corrected chi connectivity index (χ0v) is 12.6. The summed E-state index contributed by atoms with van der Waals surface area (Å²) in [4.78, 5) is 30.9. The van der Waals surface area contributed by atoms with Crippen molar-refractivity contribution in [3.63, 3.8) is 0 Å². The molecule has 2 aliphatic heterocycles. The van der Waals surface area contributed by atoms with Gasteiger partial charge in [-0.15, -0.1) is 0 Å². The van der Waals surface area contributed by atoms with Crippen molar-refractivity contribution in [1.29, 1.82) is 0 Å². The van der Waals surface area contributed by atoms with E-state index in [1.54, 1.807) is 30.1 Å². The first kappa shape index (κ1) is 13.8. The fourth-order valence-electron chi connectivity index (χ4n) is 2.96. The van der Waals surface area contributed by atoms with Crippen molar-refractivity contribution < 1.29 is 14.3 Å². The first-order valence-corrected chi connectivity index (χ1v) is 7.36. The summed E-state index contributed by atoms with van der Waals surface area (Å²) < 4.78 is 12.2. The number of fused-ring (bicyclic) bond motifs is 2. The van der Waals surface area contributed by atoms with Gasteiger partial charge in [-0.1, -0.05) is 6.07 Å². The van der Waals surface area contributed by atoms with Gasteiger partial charge in [0.15, 0.2) is 11.5 Å². The maximum absolute atomic E-state index is 12.8. The second-order valence-electron chi connectivity index (χ2n) is 5.60. The molecule has 7 nitrogen and oxygen atoms in total. The molecule has 0 radical (unpaired) electrons. The molecule has 1 aromatic heterocycles. The predicted octanol–water partition coefficient (Wildman–Crippen LogP) is 0.707. The van der Waals surface area contributed by atoms with Crippen LogP contribution in [0, 0.1) is 0 Å². The Hall–Kier alpha value is -2.83. The Morgan fingerprint density at radius 3 is 3.04 bits per heavy atom. The van der Waals surface area contributed by atoms with Gasteiger partial charge in [0, 0.05) is 19.2 Å². The molecular formula is C16H15N3O4. The van der Waals surface area contributed by atoms with Gasteiger partial charge in [-0.2, -0.15) is 0 Å². The SMILES string of the molecule is Cn1cnc2c(c1=O)CCN(C(=O)c1cccc3c1OCO3)C2. The lowest BCUT2D eigenvalue weighted by atomic mass is 10.0. The van der Waals surface area contributed by atoms with Crippen molar-refractivity contribution in [3.8, 4) is 11.5 Å². The zero-order valence-electron chi connectivity index (χ0n) is 12.6. The highest BCUT2D eigenvalue weighted by atomic mass is 16.7. The summed E-state index contributed by atoms with van der Waals surface area (Å²) in [5.41, 5.74) is 1.79. The van der Waals surface area contributed by atoms with E-state index in [0.717, 1.165) is 0 Å². The van der Waals surface area contributed by atoms with E-state index in [2.05, 4.69) is 4.98 Å². The molecule has 0 unspecified atom stereocenters. The van der Waals surface area contributed by atoms with E-state index in [1.165, 1.54) is 10.9 Å². The summed E-state index contributed by atoms with van der Waals surface area (Å²) in [7, 11) is 1.68. The van der Waals surface area contributed by atoms with Gasteiger partial charge in [0.2, 0.25) is 6.79 Å². The summed E-state index contributed by atoms with van der Waals surface area (Å²) >= 11 is 0. The van der Waals surface area contributed by atoms with E-state index in [1.807, 2.05) is 0 Å². The summed E-state index contributed by atoms with van der Waals surface area (Å²) in [6.45, 7) is 0.937. The third kappa shape index (κ3) is 2.16. The first-order chi connectivity index (χ1) is 11.1. The van der Waals surface area contributed by atoms with E-state index in [4.69, 9.17) is 9.47 Å². The smallest absolute Gasteiger partial charge is 0.258 e. The summed E-state index contributed by atoms with van der Waals surface area (Å²) in [5, 5.41) is 0. The number of hydrogen-bond donors (Lipinski definition) is 0. The molecule has 1 aromatic carbocycles. The van der Waals surface area contributed by atoms with Crippen LogP contribution in [0.1, 0.15) is 21.6 Å². The number of aryl methyl sites for hydroxylation is 1. The maximum Gasteiger partial charge on any atom is 0.258 e. The fraction of sp³-hybridized carbons (Fsp3) is 0.312. The van der Waals surface area contributed by atoms with Crippen LogP contribution in [0.3, 0.4) is 0 Å². The van der Waals surface area contributed by atoms with Gasteiger partial charge in [0.1, 0.15) is 0 Å². The van der Waals surface area contributed by atoms with Gasteiger partial charge in [-0.25, -0.2) is 4.98 Å². The lowest BCUT2D eigenvalue weighted by Gasteiger charge is -2.28. The second-order valence-corrected chi connectivity index (χ2v) is 5.60. The van der Waals surface area contributed by atoms with Gasteiger partial charge in [0.25, 0.3) is 11.5 Å². The molecule has 3 heterocycles. The zero-order chi connectivity index (χ0) is 16.0. The van der Waals surface area contributed by atoms with Crippen molar-refractivity contribution in [2.45, 2.75) is 13.0 Å². The number of rotatable bonds is 1. The minimum absolute atomic E-state index is 0.0422. The number of amides is 1. The molecular weight excluding hydrogens is 298 g/mol. The predicted molar refractivity (Wildman–Crippen MR) is 80.5 cm³/mol.